The number of hydrogen-bond acceptors (Lipinski definition) is 7. The molecule has 3 aromatic rings. The number of pyridine rings is 1. The van der Waals surface area contributed by atoms with Gasteiger partial charge in [0.1, 0.15) is 17.1 Å². The predicted molar refractivity (Wildman–Crippen MR) is 117 cm³/mol. The molecule has 7 nitrogen and oxygen atoms in total. The van der Waals surface area contributed by atoms with Crippen LogP contribution in [0.3, 0.4) is 0 Å². The molecule has 1 saturated heterocycles. The topological polar surface area (TPSA) is 72.4 Å². The summed E-state index contributed by atoms with van der Waals surface area (Å²) in [5, 5.41) is 3.34. The number of hydrogen-bond donors (Lipinski definition) is 1. The molecular weight excluding hydrogens is 397 g/mol. The summed E-state index contributed by atoms with van der Waals surface area (Å²) in [6.45, 7) is 3.17. The summed E-state index contributed by atoms with van der Waals surface area (Å²) in [7, 11) is 0. The Morgan fingerprint density at radius 3 is 2.65 bits per heavy atom. The number of nitrogens with one attached hydrogen (secondary N) is 1. The van der Waals surface area contributed by atoms with Crippen molar-refractivity contribution in [1.82, 2.24) is 15.0 Å². The molecule has 1 aromatic carbocycles. The maximum absolute atomic E-state index is 13.3. The van der Waals surface area contributed by atoms with E-state index in [9.17, 15) is 4.39 Å². The molecule has 0 atom stereocenters. The molecule has 1 N–H and O–H groups in total. The third-order valence-corrected chi connectivity index (χ3v) is 5.93. The van der Waals surface area contributed by atoms with Crippen molar-refractivity contribution in [3.8, 4) is 5.75 Å². The number of anilines is 2. The van der Waals surface area contributed by atoms with Crippen molar-refractivity contribution in [2.24, 2.45) is 0 Å². The molecule has 1 aliphatic carbocycles. The number of ether oxygens (including phenoxy) is 2. The van der Waals surface area contributed by atoms with E-state index in [1.165, 1.54) is 6.07 Å². The summed E-state index contributed by atoms with van der Waals surface area (Å²) >= 11 is 0. The zero-order valence-electron chi connectivity index (χ0n) is 17.3. The first kappa shape index (κ1) is 19.9. The monoisotopic (exact) mass is 423 g/mol. The molecule has 2 fully saturated rings. The number of benzene rings is 1. The van der Waals surface area contributed by atoms with Crippen molar-refractivity contribution >= 4 is 22.5 Å². The van der Waals surface area contributed by atoms with Crippen LogP contribution in [0.5, 0.6) is 5.75 Å². The summed E-state index contributed by atoms with van der Waals surface area (Å²) in [5.41, 5.74) is 2.73. The van der Waals surface area contributed by atoms with Gasteiger partial charge < -0.3 is 19.7 Å². The maximum Gasteiger partial charge on any atom is 0.214 e. The van der Waals surface area contributed by atoms with Gasteiger partial charge >= 0.3 is 0 Å². The number of aromatic nitrogens is 3. The Balaban J connectivity index is 1.28. The van der Waals surface area contributed by atoms with E-state index in [0.717, 1.165) is 74.5 Å². The molecule has 8 heteroatoms. The third-order valence-electron chi connectivity index (χ3n) is 5.93. The normalized spacial score (nSPS) is 21.8. The Morgan fingerprint density at radius 1 is 1.03 bits per heavy atom. The minimum absolute atomic E-state index is 0.115. The quantitative estimate of drug-likeness (QED) is 0.626. The van der Waals surface area contributed by atoms with Gasteiger partial charge in [0, 0.05) is 43.3 Å². The molecule has 0 amide bonds. The largest absolute Gasteiger partial charge is 0.488 e. The summed E-state index contributed by atoms with van der Waals surface area (Å²) in [5.74, 6) is 0.911. The van der Waals surface area contributed by atoms with E-state index in [-0.39, 0.29) is 12.1 Å². The van der Waals surface area contributed by atoms with Crippen molar-refractivity contribution in [2.75, 3.05) is 36.5 Å². The Kier molecular flexibility index (Phi) is 5.80. The SMILES string of the molecule is Fc1cccc(NC2CCC(Oc3cc(N4CCOCC4)cc4nccnc34)CC2)n1. The molecule has 162 valence electrons. The van der Waals surface area contributed by atoms with Gasteiger partial charge in [-0.15, -0.1) is 0 Å². The van der Waals surface area contributed by atoms with Crippen LogP contribution in [0.25, 0.3) is 11.0 Å². The highest BCUT2D eigenvalue weighted by Crippen LogP contribution is 2.33. The Hall–Kier alpha value is -3.00. The van der Waals surface area contributed by atoms with Crippen LogP contribution in [-0.2, 0) is 4.74 Å². The molecule has 0 unspecified atom stereocenters. The fraction of sp³-hybridized carbons (Fsp3) is 0.435. The lowest BCUT2D eigenvalue weighted by molar-refractivity contribution is 0.122. The second kappa shape index (κ2) is 9.01. The molecule has 2 aliphatic rings. The minimum Gasteiger partial charge on any atom is -0.488 e. The lowest BCUT2D eigenvalue weighted by atomic mass is 9.93. The van der Waals surface area contributed by atoms with Crippen LogP contribution >= 0.6 is 0 Å². The first-order valence-corrected chi connectivity index (χ1v) is 10.9. The number of halogens is 1. The minimum atomic E-state index is -0.463. The fourth-order valence-corrected chi connectivity index (χ4v) is 4.32. The smallest absolute Gasteiger partial charge is 0.214 e. The van der Waals surface area contributed by atoms with Crippen molar-refractivity contribution < 1.29 is 13.9 Å². The van der Waals surface area contributed by atoms with Crippen molar-refractivity contribution in [3.05, 3.63) is 48.7 Å². The van der Waals surface area contributed by atoms with Crippen LogP contribution in [0, 0.1) is 5.95 Å². The first-order valence-electron chi connectivity index (χ1n) is 10.9. The highest BCUT2D eigenvalue weighted by Gasteiger charge is 2.24. The highest BCUT2D eigenvalue weighted by molar-refractivity contribution is 5.85. The molecule has 0 radical (unpaired) electrons. The van der Waals surface area contributed by atoms with Gasteiger partial charge in [-0.3, -0.25) is 4.98 Å². The molecule has 1 aliphatic heterocycles. The molecule has 1 saturated carbocycles. The zero-order chi connectivity index (χ0) is 21.0. The summed E-state index contributed by atoms with van der Waals surface area (Å²) in [6, 6.07) is 9.26. The van der Waals surface area contributed by atoms with Gasteiger partial charge in [-0.05, 0) is 43.9 Å². The van der Waals surface area contributed by atoms with Crippen LogP contribution in [-0.4, -0.2) is 53.4 Å². The van der Waals surface area contributed by atoms with Gasteiger partial charge in [-0.2, -0.15) is 4.39 Å². The van der Waals surface area contributed by atoms with Gasteiger partial charge in [0.2, 0.25) is 5.95 Å². The molecule has 31 heavy (non-hydrogen) atoms. The average molecular weight is 423 g/mol. The lowest BCUT2D eigenvalue weighted by Crippen LogP contribution is -2.36. The van der Waals surface area contributed by atoms with Crippen LogP contribution in [0.4, 0.5) is 15.9 Å². The summed E-state index contributed by atoms with van der Waals surface area (Å²) in [6.07, 6.45) is 7.24. The highest BCUT2D eigenvalue weighted by atomic mass is 19.1. The van der Waals surface area contributed by atoms with E-state index >= 15 is 0 Å². The molecule has 0 bridgehead atoms. The standard InChI is InChI=1S/C23H26FN5O2/c24-21-2-1-3-22(28-21)27-16-4-6-18(7-5-16)31-20-15-17(29-10-12-30-13-11-29)14-19-23(20)26-9-8-25-19/h1-3,8-9,14-16,18H,4-7,10-13H2,(H,27,28). The molecule has 5 rings (SSSR count). The Labute approximate surface area is 180 Å². The van der Waals surface area contributed by atoms with Gasteiger partial charge in [0.25, 0.3) is 0 Å². The third kappa shape index (κ3) is 4.69. The summed E-state index contributed by atoms with van der Waals surface area (Å²) in [4.78, 5) is 15.2. The van der Waals surface area contributed by atoms with Crippen LogP contribution in [0.15, 0.2) is 42.7 Å². The van der Waals surface area contributed by atoms with E-state index in [1.54, 1.807) is 24.5 Å². The fourth-order valence-electron chi connectivity index (χ4n) is 4.32. The van der Waals surface area contributed by atoms with Gasteiger partial charge in [0.05, 0.1) is 24.8 Å². The molecule has 2 aromatic heterocycles. The first-order chi connectivity index (χ1) is 15.2. The van der Waals surface area contributed by atoms with Crippen LogP contribution in [0.2, 0.25) is 0 Å². The maximum atomic E-state index is 13.3. The number of rotatable bonds is 5. The van der Waals surface area contributed by atoms with E-state index in [1.807, 2.05) is 0 Å². The van der Waals surface area contributed by atoms with Crippen LogP contribution in [0.1, 0.15) is 25.7 Å². The average Bonchev–Trinajstić information content (AvgIpc) is 2.81. The van der Waals surface area contributed by atoms with Crippen molar-refractivity contribution in [3.63, 3.8) is 0 Å². The van der Waals surface area contributed by atoms with Crippen molar-refractivity contribution in [1.29, 1.82) is 0 Å². The van der Waals surface area contributed by atoms with Gasteiger partial charge in [0.15, 0.2) is 0 Å². The van der Waals surface area contributed by atoms with E-state index < -0.39 is 5.95 Å². The van der Waals surface area contributed by atoms with E-state index in [0.29, 0.717) is 5.82 Å². The van der Waals surface area contributed by atoms with Crippen LogP contribution < -0.4 is 15.0 Å². The second-order valence-electron chi connectivity index (χ2n) is 8.05. The number of nitrogens with zero attached hydrogens (tertiary/aromatic N) is 4. The second-order valence-corrected chi connectivity index (χ2v) is 8.05. The van der Waals surface area contributed by atoms with Crippen molar-refractivity contribution in [2.45, 2.75) is 37.8 Å². The number of morpholine rings is 1. The zero-order valence-corrected chi connectivity index (χ0v) is 17.3. The molecule has 0 spiro atoms. The summed E-state index contributed by atoms with van der Waals surface area (Å²) < 4.78 is 25.3. The molecule has 3 heterocycles. The van der Waals surface area contributed by atoms with Gasteiger partial charge in [-0.1, -0.05) is 6.07 Å². The Morgan fingerprint density at radius 2 is 1.84 bits per heavy atom. The van der Waals surface area contributed by atoms with Gasteiger partial charge in [-0.25, -0.2) is 9.97 Å². The van der Waals surface area contributed by atoms with E-state index in [2.05, 4.69) is 37.3 Å². The molecular formula is C23H26FN5O2. The van der Waals surface area contributed by atoms with E-state index in [4.69, 9.17) is 9.47 Å². The Bertz CT molecular complexity index is 1040. The lowest BCUT2D eigenvalue weighted by Gasteiger charge is -2.31. The number of fused-ring (bicyclic) bond motifs is 1. The predicted octanol–water partition coefficient (Wildman–Crippen LogP) is 3.80.